The van der Waals surface area contributed by atoms with Gasteiger partial charge in [-0.25, -0.2) is 0 Å². The topological polar surface area (TPSA) is 23.5 Å². The van der Waals surface area contributed by atoms with Gasteiger partial charge in [0.25, 0.3) is 0 Å². The molecule has 1 aliphatic heterocycles. The molecular formula is C8H18BNO. The standard InChI is InChI=1S/C8H18BNO/c1-7-4-8(2)6-10(5-7)9(3)11/h7-8,11H,4-6H2,1-3H3/t7-,8+. The Bertz CT molecular complexity index is 119. The van der Waals surface area contributed by atoms with Gasteiger partial charge in [0.05, 0.1) is 0 Å². The second kappa shape index (κ2) is 3.59. The lowest BCUT2D eigenvalue weighted by Gasteiger charge is -2.35. The van der Waals surface area contributed by atoms with Crippen LogP contribution in [0.15, 0.2) is 0 Å². The van der Waals surface area contributed by atoms with Gasteiger partial charge in [-0.15, -0.1) is 0 Å². The van der Waals surface area contributed by atoms with E-state index in [2.05, 4.69) is 18.7 Å². The minimum absolute atomic E-state index is 0.264. The highest BCUT2D eigenvalue weighted by molar-refractivity contribution is 6.45. The van der Waals surface area contributed by atoms with Crippen LogP contribution in [-0.2, 0) is 0 Å². The van der Waals surface area contributed by atoms with E-state index in [1.54, 1.807) is 0 Å². The average molecular weight is 155 g/mol. The fraction of sp³-hybridized carbons (Fsp3) is 1.00. The molecular weight excluding hydrogens is 137 g/mol. The first kappa shape index (κ1) is 9.08. The first-order valence-electron chi connectivity index (χ1n) is 4.51. The molecule has 1 rings (SSSR count). The van der Waals surface area contributed by atoms with Gasteiger partial charge in [0, 0.05) is 0 Å². The summed E-state index contributed by atoms with van der Waals surface area (Å²) in [4.78, 5) is 2.15. The van der Waals surface area contributed by atoms with Crippen LogP contribution in [-0.4, -0.2) is 30.0 Å². The summed E-state index contributed by atoms with van der Waals surface area (Å²) in [6.45, 7) is 8.48. The zero-order chi connectivity index (χ0) is 8.43. The molecule has 0 amide bonds. The first-order chi connectivity index (χ1) is 5.09. The molecule has 0 aliphatic carbocycles. The van der Waals surface area contributed by atoms with Gasteiger partial charge in [0.1, 0.15) is 0 Å². The highest BCUT2D eigenvalue weighted by Crippen LogP contribution is 2.20. The zero-order valence-corrected chi connectivity index (χ0v) is 7.75. The molecule has 0 bridgehead atoms. The fourth-order valence-corrected chi connectivity index (χ4v) is 2.02. The van der Waals surface area contributed by atoms with Crippen LogP contribution < -0.4 is 0 Å². The Hall–Kier alpha value is -0.0151. The largest absolute Gasteiger partial charge is 0.437 e. The van der Waals surface area contributed by atoms with Crippen molar-refractivity contribution in [3.63, 3.8) is 0 Å². The third-order valence-electron chi connectivity index (χ3n) is 2.43. The lowest BCUT2D eigenvalue weighted by molar-refractivity contribution is 0.202. The van der Waals surface area contributed by atoms with Crippen molar-refractivity contribution in [1.29, 1.82) is 0 Å². The molecule has 1 fully saturated rings. The second-order valence-electron chi connectivity index (χ2n) is 4.03. The number of hydrogen-bond donors (Lipinski definition) is 1. The monoisotopic (exact) mass is 155 g/mol. The van der Waals surface area contributed by atoms with Crippen LogP contribution in [0.5, 0.6) is 0 Å². The minimum Gasteiger partial charge on any atom is -0.437 e. The van der Waals surface area contributed by atoms with Crippen LogP contribution in [0.3, 0.4) is 0 Å². The van der Waals surface area contributed by atoms with E-state index in [1.165, 1.54) is 6.42 Å². The van der Waals surface area contributed by atoms with E-state index in [4.69, 9.17) is 0 Å². The highest BCUT2D eigenvalue weighted by Gasteiger charge is 2.25. The van der Waals surface area contributed by atoms with E-state index in [0.717, 1.165) is 24.9 Å². The Morgan fingerprint density at radius 1 is 1.27 bits per heavy atom. The molecule has 1 N–H and O–H groups in total. The quantitative estimate of drug-likeness (QED) is 0.572. The number of hydrogen-bond acceptors (Lipinski definition) is 2. The summed E-state index contributed by atoms with van der Waals surface area (Å²) in [7, 11) is -0.264. The zero-order valence-electron chi connectivity index (χ0n) is 7.75. The lowest BCUT2D eigenvalue weighted by atomic mass is 9.78. The molecule has 3 heteroatoms. The van der Waals surface area contributed by atoms with E-state index in [1.807, 2.05) is 6.82 Å². The Morgan fingerprint density at radius 3 is 2.09 bits per heavy atom. The molecule has 1 aliphatic rings. The van der Waals surface area contributed by atoms with Gasteiger partial charge in [0.15, 0.2) is 0 Å². The summed E-state index contributed by atoms with van der Waals surface area (Å²) >= 11 is 0. The van der Waals surface area contributed by atoms with Crippen LogP contribution in [0.1, 0.15) is 20.3 Å². The summed E-state index contributed by atoms with van der Waals surface area (Å²) in [6.07, 6.45) is 1.31. The number of nitrogens with zero attached hydrogens (tertiary/aromatic N) is 1. The lowest BCUT2D eigenvalue weighted by Crippen LogP contribution is -2.46. The normalized spacial score (nSPS) is 33.8. The molecule has 0 aromatic rings. The van der Waals surface area contributed by atoms with Gasteiger partial charge in [0.2, 0.25) is 0 Å². The maximum absolute atomic E-state index is 9.34. The van der Waals surface area contributed by atoms with Gasteiger partial charge < -0.3 is 9.83 Å². The fourth-order valence-electron chi connectivity index (χ4n) is 2.02. The van der Waals surface area contributed by atoms with Crippen molar-refractivity contribution in [2.45, 2.75) is 27.1 Å². The van der Waals surface area contributed by atoms with Crippen molar-refractivity contribution in [2.24, 2.45) is 11.8 Å². The molecule has 1 saturated heterocycles. The molecule has 64 valence electrons. The Balaban J connectivity index is 2.43. The highest BCUT2D eigenvalue weighted by atomic mass is 16.2. The Labute approximate surface area is 69.7 Å². The van der Waals surface area contributed by atoms with E-state index in [9.17, 15) is 5.02 Å². The van der Waals surface area contributed by atoms with Crippen molar-refractivity contribution < 1.29 is 5.02 Å². The molecule has 0 aromatic heterocycles. The molecule has 0 radical (unpaired) electrons. The summed E-state index contributed by atoms with van der Waals surface area (Å²) in [6, 6.07) is 0. The molecule has 0 spiro atoms. The van der Waals surface area contributed by atoms with Gasteiger partial charge in [-0.05, 0) is 38.2 Å². The van der Waals surface area contributed by atoms with Crippen LogP contribution in [0.4, 0.5) is 0 Å². The van der Waals surface area contributed by atoms with E-state index in [-0.39, 0.29) is 7.05 Å². The molecule has 0 saturated carbocycles. The Kier molecular flexibility index (Phi) is 2.96. The summed E-state index contributed by atoms with van der Waals surface area (Å²) in [5.74, 6) is 1.49. The maximum atomic E-state index is 9.34. The smallest absolute Gasteiger partial charge is 0.376 e. The third kappa shape index (κ3) is 2.49. The molecule has 11 heavy (non-hydrogen) atoms. The van der Waals surface area contributed by atoms with Crippen LogP contribution in [0.2, 0.25) is 6.82 Å². The average Bonchev–Trinajstić information content (AvgIpc) is 1.85. The van der Waals surface area contributed by atoms with Gasteiger partial charge >= 0.3 is 7.05 Å². The van der Waals surface area contributed by atoms with Gasteiger partial charge in [-0.3, -0.25) is 0 Å². The van der Waals surface area contributed by atoms with Crippen molar-refractivity contribution in [1.82, 2.24) is 4.81 Å². The molecule has 0 unspecified atom stereocenters. The molecule has 1 heterocycles. The van der Waals surface area contributed by atoms with Crippen LogP contribution in [0.25, 0.3) is 0 Å². The van der Waals surface area contributed by atoms with Gasteiger partial charge in [-0.1, -0.05) is 13.8 Å². The summed E-state index contributed by atoms with van der Waals surface area (Å²) in [5.41, 5.74) is 0. The van der Waals surface area contributed by atoms with Crippen molar-refractivity contribution in [3.05, 3.63) is 0 Å². The molecule has 0 aromatic carbocycles. The predicted octanol–water partition coefficient (Wildman–Crippen LogP) is 1.07. The van der Waals surface area contributed by atoms with E-state index >= 15 is 0 Å². The van der Waals surface area contributed by atoms with Crippen molar-refractivity contribution >= 4 is 7.05 Å². The SMILES string of the molecule is CB(O)N1C[C@H](C)C[C@H](C)C1. The third-order valence-corrected chi connectivity index (χ3v) is 2.43. The van der Waals surface area contributed by atoms with Gasteiger partial charge in [-0.2, -0.15) is 0 Å². The van der Waals surface area contributed by atoms with E-state index in [0.29, 0.717) is 0 Å². The molecule has 2 atom stereocenters. The van der Waals surface area contributed by atoms with Crippen molar-refractivity contribution in [3.8, 4) is 0 Å². The first-order valence-corrected chi connectivity index (χ1v) is 4.51. The predicted molar refractivity (Wildman–Crippen MR) is 48.4 cm³/mol. The maximum Gasteiger partial charge on any atom is 0.376 e. The van der Waals surface area contributed by atoms with Crippen LogP contribution in [0, 0.1) is 11.8 Å². The van der Waals surface area contributed by atoms with Crippen molar-refractivity contribution in [2.75, 3.05) is 13.1 Å². The second-order valence-corrected chi connectivity index (χ2v) is 4.03. The minimum atomic E-state index is -0.264. The molecule has 2 nitrogen and oxygen atoms in total. The summed E-state index contributed by atoms with van der Waals surface area (Å²) < 4.78 is 0. The number of rotatable bonds is 1. The Morgan fingerprint density at radius 2 is 1.73 bits per heavy atom. The summed E-state index contributed by atoms with van der Waals surface area (Å²) in [5, 5.41) is 9.34. The van der Waals surface area contributed by atoms with E-state index < -0.39 is 0 Å². The number of piperidine rings is 1. The van der Waals surface area contributed by atoms with Crippen LogP contribution >= 0.6 is 0 Å².